The molecule has 138 valence electrons. The Hall–Kier alpha value is -1.55. The molecule has 9 heteroatoms. The summed E-state index contributed by atoms with van der Waals surface area (Å²) < 4.78 is 33.3. The second kappa shape index (κ2) is 6.88. The average molecular weight is 411 g/mol. The summed E-state index contributed by atoms with van der Waals surface area (Å²) in [6.45, 7) is 0. The van der Waals surface area contributed by atoms with E-state index in [0.29, 0.717) is 18.5 Å². The predicted octanol–water partition coefficient (Wildman–Crippen LogP) is 2.69. The van der Waals surface area contributed by atoms with Gasteiger partial charge in [0.1, 0.15) is 21.6 Å². The number of ether oxygens (including phenoxy) is 1. The minimum Gasteiger partial charge on any atom is -0.489 e. The summed E-state index contributed by atoms with van der Waals surface area (Å²) in [5.41, 5.74) is -0.437. The maximum absolute atomic E-state index is 12.6. The van der Waals surface area contributed by atoms with Crippen LogP contribution in [-0.4, -0.2) is 37.5 Å². The first-order valence-electron chi connectivity index (χ1n) is 8.20. The number of benzene rings is 1. The van der Waals surface area contributed by atoms with Crippen LogP contribution < -0.4 is 14.8 Å². The summed E-state index contributed by atoms with van der Waals surface area (Å²) in [5, 5.41) is 4.49. The first-order chi connectivity index (χ1) is 12.5. The van der Waals surface area contributed by atoms with Crippen LogP contribution in [0.5, 0.6) is 5.75 Å². The summed E-state index contributed by atoms with van der Waals surface area (Å²) in [6.07, 6.45) is 1.25. The fourth-order valence-electron chi connectivity index (χ4n) is 2.57. The maximum Gasteiger partial charge on any atom is 0.251 e. The number of hydrogen-bond acceptors (Lipinski definition) is 6. The number of carbonyl (C=O) groups is 1. The highest BCUT2D eigenvalue weighted by atomic mass is 32.2. The molecule has 26 heavy (non-hydrogen) atoms. The monoisotopic (exact) mass is 410 g/mol. The van der Waals surface area contributed by atoms with Crippen LogP contribution in [0.2, 0.25) is 0 Å². The molecule has 2 aliphatic rings. The van der Waals surface area contributed by atoms with Gasteiger partial charge in [0, 0.05) is 17.2 Å². The van der Waals surface area contributed by atoms with Gasteiger partial charge in [0.05, 0.1) is 0 Å². The molecule has 1 aliphatic carbocycles. The normalized spacial score (nSPS) is 18.8. The Labute approximate surface area is 160 Å². The van der Waals surface area contributed by atoms with E-state index in [1.807, 2.05) is 23.9 Å². The lowest BCUT2D eigenvalue weighted by Crippen LogP contribution is -2.45. The van der Waals surface area contributed by atoms with Crippen molar-refractivity contribution in [3.63, 3.8) is 0 Å². The van der Waals surface area contributed by atoms with Gasteiger partial charge in [-0.05, 0) is 48.6 Å². The van der Waals surface area contributed by atoms with Crippen LogP contribution in [0.15, 0.2) is 46.0 Å². The molecule has 2 heterocycles. The van der Waals surface area contributed by atoms with Crippen molar-refractivity contribution in [2.24, 2.45) is 0 Å². The van der Waals surface area contributed by atoms with Gasteiger partial charge < -0.3 is 10.1 Å². The van der Waals surface area contributed by atoms with Crippen LogP contribution in [0.4, 0.5) is 5.69 Å². The van der Waals surface area contributed by atoms with Gasteiger partial charge in [-0.3, -0.25) is 4.79 Å². The highest BCUT2D eigenvalue weighted by Crippen LogP contribution is 2.38. The van der Waals surface area contributed by atoms with Crippen molar-refractivity contribution < 1.29 is 17.9 Å². The Morgan fingerprint density at radius 3 is 2.42 bits per heavy atom. The standard InChI is InChI=1S/C17H18N2O4S3/c20-16(17(7-8-17)19-26(21,22)15-2-1-9-25-15)18-12-3-5-13(6-4-12)23-14-10-24-11-14/h1-6,9,14,19H,7-8,10-11H2,(H,18,20). The molecule has 0 atom stereocenters. The Balaban J connectivity index is 1.39. The van der Waals surface area contributed by atoms with Crippen molar-refractivity contribution in [2.45, 2.75) is 28.7 Å². The third kappa shape index (κ3) is 3.75. The minimum atomic E-state index is -3.68. The highest BCUT2D eigenvalue weighted by Gasteiger charge is 2.53. The maximum atomic E-state index is 12.6. The first-order valence-corrected chi connectivity index (χ1v) is 11.7. The summed E-state index contributed by atoms with van der Waals surface area (Å²) in [5.74, 6) is 2.45. The van der Waals surface area contributed by atoms with E-state index in [9.17, 15) is 13.2 Å². The first kappa shape index (κ1) is 17.8. The molecule has 1 aliphatic heterocycles. The molecule has 0 unspecified atom stereocenters. The van der Waals surface area contributed by atoms with Gasteiger partial charge in [-0.15, -0.1) is 11.3 Å². The fraction of sp³-hybridized carbons (Fsp3) is 0.353. The van der Waals surface area contributed by atoms with E-state index in [4.69, 9.17) is 4.74 Å². The fourth-order valence-corrected chi connectivity index (χ4v) is 5.55. The largest absolute Gasteiger partial charge is 0.489 e. The van der Waals surface area contributed by atoms with Crippen molar-refractivity contribution in [1.29, 1.82) is 0 Å². The van der Waals surface area contributed by atoms with Gasteiger partial charge in [0.2, 0.25) is 5.91 Å². The Bertz CT molecular complexity index is 887. The van der Waals surface area contributed by atoms with E-state index < -0.39 is 15.6 Å². The summed E-state index contributed by atoms with van der Waals surface area (Å²) >= 11 is 2.98. The van der Waals surface area contributed by atoms with E-state index in [-0.39, 0.29) is 16.2 Å². The number of hydrogen-bond donors (Lipinski definition) is 2. The zero-order valence-corrected chi connectivity index (χ0v) is 16.3. The SMILES string of the molecule is O=C(Nc1ccc(OC2CSC2)cc1)C1(NS(=O)(=O)c2cccs2)CC1. The van der Waals surface area contributed by atoms with Crippen LogP contribution in [0, 0.1) is 0 Å². The van der Waals surface area contributed by atoms with Crippen molar-refractivity contribution in [3.8, 4) is 5.75 Å². The molecular weight excluding hydrogens is 392 g/mol. The molecule has 1 amide bonds. The molecule has 6 nitrogen and oxygen atoms in total. The third-order valence-electron chi connectivity index (χ3n) is 4.30. The third-order valence-corrected chi connectivity index (χ3v) is 8.45. The van der Waals surface area contributed by atoms with Gasteiger partial charge in [0.15, 0.2) is 0 Å². The van der Waals surface area contributed by atoms with Crippen LogP contribution in [0.25, 0.3) is 0 Å². The molecule has 2 aromatic rings. The van der Waals surface area contributed by atoms with Gasteiger partial charge in [-0.25, -0.2) is 8.42 Å². The topological polar surface area (TPSA) is 84.5 Å². The van der Waals surface area contributed by atoms with E-state index in [1.165, 1.54) is 6.07 Å². The lowest BCUT2D eigenvalue weighted by atomic mass is 10.2. The molecule has 1 aromatic carbocycles. The van der Waals surface area contributed by atoms with E-state index in [1.54, 1.807) is 23.6 Å². The smallest absolute Gasteiger partial charge is 0.251 e. The van der Waals surface area contributed by atoms with Crippen molar-refractivity contribution >= 4 is 44.7 Å². The van der Waals surface area contributed by atoms with Crippen molar-refractivity contribution in [2.75, 3.05) is 16.8 Å². The Morgan fingerprint density at radius 1 is 1.15 bits per heavy atom. The molecule has 0 radical (unpaired) electrons. The van der Waals surface area contributed by atoms with Crippen LogP contribution in [-0.2, 0) is 14.8 Å². The minimum absolute atomic E-state index is 0.215. The molecule has 1 saturated heterocycles. The number of rotatable bonds is 7. The second-order valence-electron chi connectivity index (χ2n) is 6.38. The van der Waals surface area contributed by atoms with Gasteiger partial charge >= 0.3 is 0 Å². The summed E-state index contributed by atoms with van der Waals surface area (Å²) in [6, 6.07) is 10.4. The number of anilines is 1. The van der Waals surface area contributed by atoms with E-state index in [0.717, 1.165) is 28.6 Å². The molecule has 0 spiro atoms. The van der Waals surface area contributed by atoms with Crippen LogP contribution in [0.3, 0.4) is 0 Å². The predicted molar refractivity (Wildman–Crippen MR) is 103 cm³/mol. The van der Waals surface area contributed by atoms with Gasteiger partial charge in [-0.2, -0.15) is 16.5 Å². The summed E-state index contributed by atoms with van der Waals surface area (Å²) in [7, 11) is -3.68. The quantitative estimate of drug-likeness (QED) is 0.733. The Kier molecular flexibility index (Phi) is 4.72. The molecule has 2 N–H and O–H groups in total. The highest BCUT2D eigenvalue weighted by molar-refractivity contribution is 8.00. The van der Waals surface area contributed by atoms with Crippen molar-refractivity contribution in [3.05, 3.63) is 41.8 Å². The number of amides is 1. The molecule has 1 aromatic heterocycles. The number of thioether (sulfide) groups is 1. The number of nitrogens with one attached hydrogen (secondary N) is 2. The van der Waals surface area contributed by atoms with Crippen LogP contribution >= 0.6 is 23.1 Å². The van der Waals surface area contributed by atoms with Gasteiger partial charge in [0.25, 0.3) is 10.0 Å². The number of thiophene rings is 1. The van der Waals surface area contributed by atoms with E-state index >= 15 is 0 Å². The zero-order chi connectivity index (χ0) is 18.2. The molecule has 2 fully saturated rings. The number of carbonyl (C=O) groups excluding carboxylic acids is 1. The molecule has 4 rings (SSSR count). The lowest BCUT2D eigenvalue weighted by Gasteiger charge is -2.25. The molecule has 1 saturated carbocycles. The molecule has 0 bridgehead atoms. The van der Waals surface area contributed by atoms with Crippen LogP contribution in [0.1, 0.15) is 12.8 Å². The summed E-state index contributed by atoms with van der Waals surface area (Å²) in [4.78, 5) is 12.6. The zero-order valence-electron chi connectivity index (χ0n) is 13.8. The van der Waals surface area contributed by atoms with Crippen molar-refractivity contribution in [1.82, 2.24) is 4.72 Å². The average Bonchev–Trinajstić information content (AvgIpc) is 3.12. The lowest BCUT2D eigenvalue weighted by molar-refractivity contribution is -0.118. The van der Waals surface area contributed by atoms with E-state index in [2.05, 4.69) is 10.0 Å². The number of sulfonamides is 1. The second-order valence-corrected chi connectivity index (χ2v) is 10.3. The molecular formula is C17H18N2O4S3. The van der Waals surface area contributed by atoms with Gasteiger partial charge in [-0.1, -0.05) is 6.07 Å². The Morgan fingerprint density at radius 2 is 1.88 bits per heavy atom.